The van der Waals surface area contributed by atoms with Gasteiger partial charge in [0.05, 0.1) is 13.2 Å². The minimum absolute atomic E-state index is 0.0212. The molecule has 2 aliphatic heterocycles. The molecule has 0 saturated carbocycles. The second-order valence-electron chi connectivity index (χ2n) is 7.92. The van der Waals surface area contributed by atoms with Gasteiger partial charge in [-0.3, -0.25) is 9.69 Å². The van der Waals surface area contributed by atoms with E-state index in [2.05, 4.69) is 45.4 Å². The van der Waals surface area contributed by atoms with E-state index in [-0.39, 0.29) is 5.91 Å². The van der Waals surface area contributed by atoms with Crippen LogP contribution in [0, 0.1) is 0 Å². The lowest BCUT2D eigenvalue weighted by Gasteiger charge is -2.31. The van der Waals surface area contributed by atoms with E-state index in [1.807, 2.05) is 18.2 Å². The van der Waals surface area contributed by atoms with Crippen molar-refractivity contribution in [2.75, 3.05) is 50.8 Å². The third kappa shape index (κ3) is 5.37. The Hall–Kier alpha value is -2.37. The van der Waals surface area contributed by atoms with Gasteiger partial charge in [-0.15, -0.1) is 0 Å². The van der Waals surface area contributed by atoms with E-state index >= 15 is 0 Å². The first kappa shape index (κ1) is 19.9. The van der Waals surface area contributed by atoms with Gasteiger partial charge >= 0.3 is 0 Å². The zero-order valence-electron chi connectivity index (χ0n) is 17.1. The number of rotatable bonds is 7. The predicted octanol–water partition coefficient (Wildman–Crippen LogP) is 3.09. The van der Waals surface area contributed by atoms with Crippen LogP contribution in [0.1, 0.15) is 34.3 Å². The van der Waals surface area contributed by atoms with Gasteiger partial charge in [0.1, 0.15) is 0 Å². The molecule has 2 heterocycles. The van der Waals surface area contributed by atoms with Gasteiger partial charge in [-0.25, -0.2) is 0 Å². The molecule has 29 heavy (non-hydrogen) atoms. The first-order chi connectivity index (χ1) is 14.3. The molecule has 0 bridgehead atoms. The number of morpholine rings is 1. The molecule has 0 aromatic heterocycles. The highest BCUT2D eigenvalue weighted by molar-refractivity contribution is 5.94. The molecule has 2 aliphatic rings. The number of benzene rings is 2. The first-order valence-corrected chi connectivity index (χ1v) is 10.8. The van der Waals surface area contributed by atoms with Crippen molar-refractivity contribution in [2.24, 2.45) is 0 Å². The van der Waals surface area contributed by atoms with Crippen LogP contribution >= 0.6 is 0 Å². The highest BCUT2D eigenvalue weighted by atomic mass is 16.5. The molecule has 1 amide bonds. The number of para-hydroxylation sites is 1. The van der Waals surface area contributed by atoms with Crippen molar-refractivity contribution in [3.8, 4) is 0 Å². The summed E-state index contributed by atoms with van der Waals surface area (Å²) >= 11 is 0. The number of amides is 1. The molecule has 1 saturated heterocycles. The van der Waals surface area contributed by atoms with Gasteiger partial charge in [-0.1, -0.05) is 30.3 Å². The Morgan fingerprint density at radius 2 is 1.90 bits per heavy atom. The molecule has 0 aliphatic carbocycles. The lowest BCUT2D eigenvalue weighted by molar-refractivity contribution is 0.0342. The molecular formula is C24H31N3O2. The summed E-state index contributed by atoms with van der Waals surface area (Å²) in [7, 11) is 0. The molecule has 5 nitrogen and oxygen atoms in total. The Labute approximate surface area is 173 Å². The van der Waals surface area contributed by atoms with Gasteiger partial charge in [-0.2, -0.15) is 0 Å². The van der Waals surface area contributed by atoms with Crippen LogP contribution in [-0.2, 0) is 17.7 Å². The van der Waals surface area contributed by atoms with Crippen LogP contribution in [0.3, 0.4) is 0 Å². The third-order valence-electron chi connectivity index (χ3n) is 5.80. The largest absolute Gasteiger partial charge is 0.379 e. The smallest absolute Gasteiger partial charge is 0.251 e. The van der Waals surface area contributed by atoms with Crippen LogP contribution in [-0.4, -0.2) is 56.7 Å². The van der Waals surface area contributed by atoms with Gasteiger partial charge in [0.2, 0.25) is 0 Å². The highest BCUT2D eigenvalue weighted by Crippen LogP contribution is 2.26. The fourth-order valence-electron chi connectivity index (χ4n) is 4.25. The summed E-state index contributed by atoms with van der Waals surface area (Å²) in [5.41, 5.74) is 4.74. The number of anilines is 1. The molecular weight excluding hydrogens is 362 g/mol. The molecule has 0 spiro atoms. The minimum Gasteiger partial charge on any atom is -0.379 e. The summed E-state index contributed by atoms with van der Waals surface area (Å²) in [5, 5.41) is 3.09. The molecule has 5 heteroatoms. The minimum atomic E-state index is 0.0212. The predicted molar refractivity (Wildman–Crippen MR) is 116 cm³/mol. The van der Waals surface area contributed by atoms with Gasteiger partial charge in [-0.05, 0) is 48.6 Å². The van der Waals surface area contributed by atoms with E-state index in [1.165, 1.54) is 29.7 Å². The van der Waals surface area contributed by atoms with E-state index < -0.39 is 0 Å². The maximum Gasteiger partial charge on any atom is 0.251 e. The molecule has 0 unspecified atom stereocenters. The van der Waals surface area contributed by atoms with E-state index in [4.69, 9.17) is 4.74 Å². The Kier molecular flexibility index (Phi) is 6.80. The quantitative estimate of drug-likeness (QED) is 0.735. The summed E-state index contributed by atoms with van der Waals surface area (Å²) < 4.78 is 5.41. The maximum atomic E-state index is 12.6. The van der Waals surface area contributed by atoms with Crippen LogP contribution in [0.5, 0.6) is 0 Å². The molecule has 1 fully saturated rings. The number of carbonyl (C=O) groups excluding carboxylic acids is 1. The van der Waals surface area contributed by atoms with Crippen molar-refractivity contribution < 1.29 is 9.53 Å². The van der Waals surface area contributed by atoms with Crippen LogP contribution < -0.4 is 10.2 Å². The van der Waals surface area contributed by atoms with E-state index in [0.717, 1.165) is 57.9 Å². The Morgan fingerprint density at radius 1 is 1.03 bits per heavy atom. The Morgan fingerprint density at radius 3 is 2.79 bits per heavy atom. The van der Waals surface area contributed by atoms with E-state index in [0.29, 0.717) is 6.54 Å². The van der Waals surface area contributed by atoms with Gasteiger partial charge in [0.25, 0.3) is 5.91 Å². The van der Waals surface area contributed by atoms with E-state index in [1.54, 1.807) is 0 Å². The van der Waals surface area contributed by atoms with Gasteiger partial charge in [0, 0.05) is 50.5 Å². The van der Waals surface area contributed by atoms with E-state index in [9.17, 15) is 4.79 Å². The average Bonchev–Trinajstić information content (AvgIpc) is 2.77. The highest BCUT2D eigenvalue weighted by Gasteiger charge is 2.16. The monoisotopic (exact) mass is 393 g/mol. The van der Waals surface area contributed by atoms with Gasteiger partial charge < -0.3 is 15.0 Å². The number of hydrogen-bond donors (Lipinski definition) is 1. The molecule has 0 atom stereocenters. The summed E-state index contributed by atoms with van der Waals surface area (Å²) in [6.45, 7) is 7.16. The normalized spacial score (nSPS) is 17.0. The molecule has 1 N–H and O–H groups in total. The fourth-order valence-corrected chi connectivity index (χ4v) is 4.25. The van der Waals surface area contributed by atoms with Crippen LogP contribution in [0.2, 0.25) is 0 Å². The lowest BCUT2D eigenvalue weighted by Crippen LogP contribution is -2.35. The summed E-state index contributed by atoms with van der Waals surface area (Å²) in [4.78, 5) is 17.4. The van der Waals surface area contributed by atoms with Crippen molar-refractivity contribution in [3.63, 3.8) is 0 Å². The second-order valence-corrected chi connectivity index (χ2v) is 7.92. The second kappa shape index (κ2) is 9.90. The zero-order chi connectivity index (χ0) is 19.9. The number of hydrogen-bond acceptors (Lipinski definition) is 4. The SMILES string of the molecule is O=C(NCCCN1CCCc2ccccc21)c1cccc(CN2CCOCC2)c1. The Balaban J connectivity index is 1.24. The standard InChI is InChI=1S/C24H31N3O2/c28-24(22-8-3-6-20(18-22)19-26-14-16-29-17-15-26)25-11-5-13-27-12-4-9-21-7-1-2-10-23(21)27/h1-3,6-8,10,18H,4-5,9,11-17,19H2,(H,25,28). The lowest BCUT2D eigenvalue weighted by atomic mass is 10.0. The first-order valence-electron chi connectivity index (χ1n) is 10.8. The number of nitrogens with zero attached hydrogens (tertiary/aromatic N) is 2. The fraction of sp³-hybridized carbons (Fsp3) is 0.458. The van der Waals surface area contributed by atoms with Crippen LogP contribution in [0.4, 0.5) is 5.69 Å². The molecule has 2 aromatic rings. The van der Waals surface area contributed by atoms with Crippen LogP contribution in [0.25, 0.3) is 0 Å². The summed E-state index contributed by atoms with van der Waals surface area (Å²) in [5.74, 6) is 0.0212. The number of carbonyl (C=O) groups is 1. The van der Waals surface area contributed by atoms with Crippen LogP contribution in [0.15, 0.2) is 48.5 Å². The van der Waals surface area contributed by atoms with Crippen molar-refractivity contribution >= 4 is 11.6 Å². The molecule has 2 aromatic carbocycles. The molecule has 4 rings (SSSR count). The molecule has 154 valence electrons. The topological polar surface area (TPSA) is 44.8 Å². The average molecular weight is 394 g/mol. The molecule has 0 radical (unpaired) electrons. The maximum absolute atomic E-state index is 12.6. The van der Waals surface area contributed by atoms with Crippen molar-refractivity contribution in [1.29, 1.82) is 0 Å². The van der Waals surface area contributed by atoms with Crippen molar-refractivity contribution in [2.45, 2.75) is 25.8 Å². The zero-order valence-corrected chi connectivity index (χ0v) is 17.1. The number of aryl methyl sites for hydroxylation is 1. The number of ether oxygens (including phenoxy) is 1. The van der Waals surface area contributed by atoms with Crippen molar-refractivity contribution in [3.05, 3.63) is 65.2 Å². The summed E-state index contributed by atoms with van der Waals surface area (Å²) in [6.07, 6.45) is 3.33. The third-order valence-corrected chi connectivity index (χ3v) is 5.80. The van der Waals surface area contributed by atoms with Gasteiger partial charge in [0.15, 0.2) is 0 Å². The Bertz CT molecular complexity index is 817. The number of nitrogens with one attached hydrogen (secondary N) is 1. The van der Waals surface area contributed by atoms with Crippen molar-refractivity contribution in [1.82, 2.24) is 10.2 Å². The number of fused-ring (bicyclic) bond motifs is 1. The summed E-state index contributed by atoms with van der Waals surface area (Å²) in [6, 6.07) is 16.7.